The second-order valence-electron chi connectivity index (χ2n) is 4.03. The van der Waals surface area contributed by atoms with Crippen molar-refractivity contribution in [3.8, 4) is 0 Å². The molecule has 0 fully saturated rings. The van der Waals surface area contributed by atoms with Crippen LogP contribution in [0.25, 0.3) is 0 Å². The molecule has 1 amide bonds. The predicted octanol–water partition coefficient (Wildman–Crippen LogP) is 3.19. The highest BCUT2D eigenvalue weighted by molar-refractivity contribution is 9.10. The first kappa shape index (κ1) is 13.7. The summed E-state index contributed by atoms with van der Waals surface area (Å²) in [4.78, 5) is 19.1. The molecule has 0 bridgehead atoms. The molecular weight excluding hydrogens is 313 g/mol. The normalized spacial score (nSPS) is 12.2. The average Bonchev–Trinajstić information content (AvgIpc) is 2.92. The fourth-order valence-electron chi connectivity index (χ4n) is 1.74. The molecule has 4 nitrogen and oxygen atoms in total. The smallest absolute Gasteiger partial charge is 0.254 e. The Balaban J connectivity index is 2.18. The number of hydrogen-bond acceptors (Lipinski definition) is 2. The molecule has 2 N–H and O–H groups in total. The zero-order valence-corrected chi connectivity index (χ0v) is 11.9. The Bertz CT molecular complexity index is 571. The monoisotopic (exact) mass is 325 g/mol. The molecule has 6 heteroatoms. The van der Waals surface area contributed by atoms with Gasteiger partial charge < -0.3 is 10.3 Å². The highest BCUT2D eigenvalue weighted by Gasteiger charge is 2.18. The summed E-state index contributed by atoms with van der Waals surface area (Å²) in [5.74, 6) is -0.344. The number of H-pyrrole nitrogens is 1. The summed E-state index contributed by atoms with van der Waals surface area (Å²) in [6.45, 7) is 1.92. The summed E-state index contributed by atoms with van der Waals surface area (Å²) in [6, 6.07) is 4.00. The minimum absolute atomic E-state index is 0.0133. The fraction of sp³-hybridized carbons (Fsp3) is 0.231. The summed E-state index contributed by atoms with van der Waals surface area (Å²) >= 11 is 3.22. The van der Waals surface area contributed by atoms with E-state index in [0.717, 1.165) is 0 Å². The number of nitrogens with zero attached hydrogens (tertiary/aromatic N) is 1. The second kappa shape index (κ2) is 5.97. The molecule has 100 valence electrons. The maximum atomic E-state index is 13.6. The summed E-state index contributed by atoms with van der Waals surface area (Å²) in [6.07, 6.45) is 3.96. The predicted molar refractivity (Wildman–Crippen MR) is 73.2 cm³/mol. The molecule has 0 radical (unpaired) electrons. The molecule has 1 aromatic heterocycles. The van der Waals surface area contributed by atoms with Gasteiger partial charge in [-0.3, -0.25) is 4.79 Å². The molecule has 0 aliphatic heterocycles. The van der Waals surface area contributed by atoms with Gasteiger partial charge in [0.1, 0.15) is 11.6 Å². The van der Waals surface area contributed by atoms with Crippen LogP contribution in [0.2, 0.25) is 0 Å². The third-order valence-electron chi connectivity index (χ3n) is 2.74. The van der Waals surface area contributed by atoms with Crippen LogP contribution in [0.4, 0.5) is 4.39 Å². The Labute approximate surface area is 118 Å². The van der Waals surface area contributed by atoms with Gasteiger partial charge in [0, 0.05) is 16.9 Å². The molecule has 0 saturated carbocycles. The van der Waals surface area contributed by atoms with E-state index in [1.54, 1.807) is 18.5 Å². The van der Waals surface area contributed by atoms with E-state index in [9.17, 15) is 9.18 Å². The minimum Gasteiger partial charge on any atom is -0.347 e. The number of carbonyl (C=O) groups is 1. The van der Waals surface area contributed by atoms with Gasteiger partial charge in [-0.1, -0.05) is 22.9 Å². The van der Waals surface area contributed by atoms with E-state index < -0.39 is 11.7 Å². The summed E-state index contributed by atoms with van der Waals surface area (Å²) in [5.41, 5.74) is 0.0133. The van der Waals surface area contributed by atoms with Crippen molar-refractivity contribution in [1.29, 1.82) is 0 Å². The molecule has 1 heterocycles. The van der Waals surface area contributed by atoms with E-state index in [4.69, 9.17) is 0 Å². The second-order valence-corrected chi connectivity index (χ2v) is 4.95. The van der Waals surface area contributed by atoms with E-state index in [1.165, 1.54) is 12.1 Å². The van der Waals surface area contributed by atoms with Gasteiger partial charge in [-0.2, -0.15) is 0 Å². The van der Waals surface area contributed by atoms with Crippen LogP contribution in [0.5, 0.6) is 0 Å². The fourth-order valence-corrected chi connectivity index (χ4v) is 2.10. The lowest BCUT2D eigenvalue weighted by atomic mass is 10.1. The quantitative estimate of drug-likeness (QED) is 0.906. The molecule has 19 heavy (non-hydrogen) atoms. The largest absolute Gasteiger partial charge is 0.347 e. The molecule has 1 unspecified atom stereocenters. The van der Waals surface area contributed by atoms with Crippen molar-refractivity contribution >= 4 is 21.8 Å². The molecular formula is C13H13BrFN3O. The molecule has 2 aromatic rings. The standard InChI is InChI=1S/C13H13BrFN3O/c1-2-11(12-16-5-6-17-12)18-13(19)9-7-8(14)3-4-10(9)15/h3-7,11H,2H2,1H3,(H,16,17)(H,18,19). The number of aromatic amines is 1. The number of benzene rings is 1. The molecule has 0 spiro atoms. The first-order chi connectivity index (χ1) is 9.11. The number of nitrogens with one attached hydrogen (secondary N) is 2. The number of imidazole rings is 1. The van der Waals surface area contributed by atoms with Crippen molar-refractivity contribution in [2.75, 3.05) is 0 Å². The van der Waals surface area contributed by atoms with Crippen molar-refractivity contribution in [2.24, 2.45) is 0 Å². The zero-order chi connectivity index (χ0) is 13.8. The van der Waals surface area contributed by atoms with Crippen molar-refractivity contribution < 1.29 is 9.18 Å². The van der Waals surface area contributed by atoms with Gasteiger partial charge in [0.25, 0.3) is 5.91 Å². The van der Waals surface area contributed by atoms with Crippen LogP contribution in [0.15, 0.2) is 35.1 Å². The number of rotatable bonds is 4. The molecule has 0 saturated heterocycles. The topological polar surface area (TPSA) is 57.8 Å². The molecule has 1 aromatic carbocycles. The Morgan fingerprint density at radius 1 is 1.58 bits per heavy atom. The highest BCUT2D eigenvalue weighted by atomic mass is 79.9. The Morgan fingerprint density at radius 2 is 2.37 bits per heavy atom. The highest BCUT2D eigenvalue weighted by Crippen LogP contribution is 2.18. The van der Waals surface area contributed by atoms with Crippen LogP contribution in [0.3, 0.4) is 0 Å². The number of halogens is 2. The van der Waals surface area contributed by atoms with Crippen molar-refractivity contribution in [1.82, 2.24) is 15.3 Å². The summed E-state index contributed by atoms with van der Waals surface area (Å²) in [5, 5.41) is 2.76. The lowest BCUT2D eigenvalue weighted by Crippen LogP contribution is -2.29. The SMILES string of the molecule is CCC(NC(=O)c1cc(Br)ccc1F)c1ncc[nH]1. The summed E-state index contributed by atoms with van der Waals surface area (Å²) in [7, 11) is 0. The zero-order valence-electron chi connectivity index (χ0n) is 10.3. The lowest BCUT2D eigenvalue weighted by Gasteiger charge is -2.15. The van der Waals surface area contributed by atoms with Crippen LogP contribution in [-0.4, -0.2) is 15.9 Å². The number of carbonyl (C=O) groups excluding carboxylic acids is 1. The van der Waals surface area contributed by atoms with Crippen molar-refractivity contribution in [3.63, 3.8) is 0 Å². The van der Waals surface area contributed by atoms with Crippen LogP contribution in [0, 0.1) is 5.82 Å². The van der Waals surface area contributed by atoms with E-state index in [0.29, 0.717) is 16.7 Å². The number of aromatic nitrogens is 2. The average molecular weight is 326 g/mol. The Kier molecular flexibility index (Phi) is 4.31. The van der Waals surface area contributed by atoms with E-state index >= 15 is 0 Å². The third-order valence-corrected chi connectivity index (χ3v) is 3.23. The Hall–Kier alpha value is -1.69. The molecule has 2 rings (SSSR count). The Morgan fingerprint density at radius 3 is 3.00 bits per heavy atom. The van der Waals surface area contributed by atoms with E-state index in [2.05, 4.69) is 31.2 Å². The van der Waals surface area contributed by atoms with Gasteiger partial charge in [0.2, 0.25) is 0 Å². The van der Waals surface area contributed by atoms with Gasteiger partial charge in [0.05, 0.1) is 11.6 Å². The third kappa shape index (κ3) is 3.20. The first-order valence-electron chi connectivity index (χ1n) is 5.87. The van der Waals surface area contributed by atoms with Gasteiger partial charge in [-0.05, 0) is 24.6 Å². The maximum Gasteiger partial charge on any atom is 0.254 e. The van der Waals surface area contributed by atoms with Crippen molar-refractivity contribution in [3.05, 3.63) is 52.3 Å². The minimum atomic E-state index is -0.546. The van der Waals surface area contributed by atoms with E-state index in [-0.39, 0.29) is 11.6 Å². The molecule has 0 aliphatic carbocycles. The van der Waals surface area contributed by atoms with Gasteiger partial charge in [-0.15, -0.1) is 0 Å². The van der Waals surface area contributed by atoms with Gasteiger partial charge in [-0.25, -0.2) is 9.37 Å². The first-order valence-corrected chi connectivity index (χ1v) is 6.66. The maximum absolute atomic E-state index is 13.6. The van der Waals surface area contributed by atoms with Crippen LogP contribution < -0.4 is 5.32 Å². The molecule has 0 aliphatic rings. The van der Waals surface area contributed by atoms with E-state index in [1.807, 2.05) is 6.92 Å². The molecule has 1 atom stereocenters. The van der Waals surface area contributed by atoms with Crippen molar-refractivity contribution in [2.45, 2.75) is 19.4 Å². The van der Waals surface area contributed by atoms with Gasteiger partial charge in [0.15, 0.2) is 0 Å². The number of amides is 1. The van der Waals surface area contributed by atoms with Crippen LogP contribution in [0.1, 0.15) is 35.6 Å². The van der Waals surface area contributed by atoms with Gasteiger partial charge >= 0.3 is 0 Å². The number of hydrogen-bond donors (Lipinski definition) is 2. The van der Waals surface area contributed by atoms with Crippen LogP contribution >= 0.6 is 15.9 Å². The summed E-state index contributed by atoms with van der Waals surface area (Å²) < 4.78 is 14.3. The van der Waals surface area contributed by atoms with Crippen LogP contribution in [-0.2, 0) is 0 Å². The lowest BCUT2D eigenvalue weighted by molar-refractivity contribution is 0.0929.